The van der Waals surface area contributed by atoms with E-state index in [1.165, 1.54) is 17.7 Å². The molecule has 3 aromatic heterocycles. The number of halogens is 3. The molecule has 5 aromatic rings. The number of hydrogen-bond donors (Lipinski definition) is 1. The Balaban J connectivity index is 1.18. The Morgan fingerprint density at radius 1 is 0.943 bits per heavy atom. The minimum Gasteiger partial charge on any atom is -0.406 e. The van der Waals surface area contributed by atoms with Crippen LogP contribution in [0.5, 0.6) is 5.75 Å². The van der Waals surface area contributed by atoms with Crippen molar-refractivity contribution in [1.29, 1.82) is 0 Å². The van der Waals surface area contributed by atoms with Gasteiger partial charge in [0.1, 0.15) is 16.4 Å². The summed E-state index contributed by atoms with van der Waals surface area (Å²) in [6, 6.07) is 17.7. The molecular weight excluding hydrogens is 475 g/mol. The summed E-state index contributed by atoms with van der Waals surface area (Å²) in [5, 5.41) is 10.6. The Kier molecular flexibility index (Phi) is 6.37. The zero-order valence-electron chi connectivity index (χ0n) is 18.4. The van der Waals surface area contributed by atoms with Crippen LogP contribution in [0, 0.1) is 0 Å². The Hall–Kier alpha value is -3.92. The summed E-state index contributed by atoms with van der Waals surface area (Å²) in [5.41, 5.74) is 2.93. The number of aromatic nitrogens is 4. The first-order valence-corrected chi connectivity index (χ1v) is 11.8. The van der Waals surface area contributed by atoms with E-state index < -0.39 is 6.36 Å². The Bertz CT molecular complexity index is 1400. The third-order valence-corrected chi connectivity index (χ3v) is 6.14. The number of fused-ring (bicyclic) bond motifs is 1. The number of nitrogens with one attached hydrogen (secondary N) is 1. The summed E-state index contributed by atoms with van der Waals surface area (Å²) in [6.07, 6.45) is 0.582. The van der Waals surface area contributed by atoms with Crippen LogP contribution < -0.4 is 10.1 Å². The van der Waals surface area contributed by atoms with Crippen molar-refractivity contribution >= 4 is 27.4 Å². The van der Waals surface area contributed by atoms with E-state index in [1.807, 2.05) is 48.0 Å². The molecule has 178 valence electrons. The molecule has 3 heterocycles. The summed E-state index contributed by atoms with van der Waals surface area (Å²) in [7, 11) is 0. The predicted octanol–water partition coefficient (Wildman–Crippen LogP) is 6.49. The summed E-state index contributed by atoms with van der Waals surface area (Å²) < 4.78 is 42.5. The van der Waals surface area contributed by atoms with Gasteiger partial charge in [0, 0.05) is 18.9 Å². The molecule has 0 atom stereocenters. The molecule has 0 unspecified atom stereocenters. The molecule has 0 aliphatic heterocycles. The normalized spacial score (nSPS) is 11.6. The molecule has 2 aromatic carbocycles. The molecule has 35 heavy (non-hydrogen) atoms. The molecular formula is C25H20F3N5OS. The van der Waals surface area contributed by atoms with Crippen LogP contribution in [0.1, 0.15) is 12.0 Å². The van der Waals surface area contributed by atoms with Crippen molar-refractivity contribution in [2.45, 2.75) is 19.2 Å². The van der Waals surface area contributed by atoms with Crippen LogP contribution in [0.3, 0.4) is 0 Å². The smallest absolute Gasteiger partial charge is 0.406 e. The van der Waals surface area contributed by atoms with E-state index in [4.69, 9.17) is 0 Å². The van der Waals surface area contributed by atoms with Crippen molar-refractivity contribution in [3.63, 3.8) is 0 Å². The van der Waals surface area contributed by atoms with Gasteiger partial charge in [0.25, 0.3) is 5.95 Å². The lowest BCUT2D eigenvalue weighted by atomic mass is 10.0. The van der Waals surface area contributed by atoms with Gasteiger partial charge in [-0.25, -0.2) is 4.68 Å². The van der Waals surface area contributed by atoms with Gasteiger partial charge in [0.2, 0.25) is 0 Å². The number of nitrogens with zero attached hydrogens (tertiary/aromatic N) is 4. The van der Waals surface area contributed by atoms with Crippen molar-refractivity contribution < 1.29 is 17.9 Å². The van der Waals surface area contributed by atoms with E-state index in [2.05, 4.69) is 25.1 Å². The van der Waals surface area contributed by atoms with Crippen LogP contribution in [0.4, 0.5) is 19.0 Å². The molecule has 0 saturated carbocycles. The molecule has 0 spiro atoms. The van der Waals surface area contributed by atoms with Crippen LogP contribution in [-0.4, -0.2) is 32.7 Å². The van der Waals surface area contributed by atoms with E-state index in [-0.39, 0.29) is 5.75 Å². The fraction of sp³-hybridized carbons (Fsp3) is 0.160. The number of alkyl halides is 3. The molecule has 10 heteroatoms. The highest BCUT2D eigenvalue weighted by molar-refractivity contribution is 7.16. The van der Waals surface area contributed by atoms with Crippen molar-refractivity contribution in [2.24, 2.45) is 0 Å². The number of benzene rings is 2. The predicted molar refractivity (Wildman–Crippen MR) is 130 cm³/mol. The molecule has 6 nitrogen and oxygen atoms in total. The molecule has 1 N–H and O–H groups in total. The molecule has 0 radical (unpaired) electrons. The fourth-order valence-corrected chi connectivity index (χ4v) is 4.44. The Morgan fingerprint density at radius 2 is 1.69 bits per heavy atom. The lowest BCUT2D eigenvalue weighted by Crippen LogP contribution is -2.16. The van der Waals surface area contributed by atoms with Gasteiger partial charge in [-0.1, -0.05) is 36.4 Å². The molecule has 5 rings (SSSR count). The summed E-state index contributed by atoms with van der Waals surface area (Å²) in [4.78, 5) is 10.1. The van der Waals surface area contributed by atoms with Crippen LogP contribution >= 0.6 is 11.3 Å². The number of anilines is 1. The van der Waals surface area contributed by atoms with E-state index >= 15 is 0 Å². The van der Waals surface area contributed by atoms with Gasteiger partial charge in [-0.2, -0.15) is 15.1 Å². The van der Waals surface area contributed by atoms with Crippen molar-refractivity contribution in [2.75, 3.05) is 11.9 Å². The number of thiophene rings is 1. The maximum absolute atomic E-state index is 12.3. The quantitative estimate of drug-likeness (QED) is 0.249. The highest BCUT2D eigenvalue weighted by atomic mass is 32.1. The molecule has 0 amide bonds. The maximum Gasteiger partial charge on any atom is 0.573 e. The monoisotopic (exact) mass is 495 g/mol. The van der Waals surface area contributed by atoms with E-state index in [0.717, 1.165) is 46.5 Å². The molecule has 0 aliphatic rings. The SMILES string of the molecule is FC(F)(F)Oc1ccc(-c2ccc(CCCNc3nc(-n4cccn4)nc4sccc34)cc2)cc1. The van der Waals surface area contributed by atoms with Gasteiger partial charge >= 0.3 is 6.36 Å². The van der Waals surface area contributed by atoms with E-state index in [9.17, 15) is 13.2 Å². The Labute approximate surface area is 203 Å². The van der Waals surface area contributed by atoms with Gasteiger partial charge in [0.05, 0.1) is 5.39 Å². The summed E-state index contributed by atoms with van der Waals surface area (Å²) in [6.45, 7) is 0.739. The Morgan fingerprint density at radius 3 is 2.37 bits per heavy atom. The van der Waals surface area contributed by atoms with Crippen molar-refractivity contribution in [3.05, 3.63) is 84.0 Å². The van der Waals surface area contributed by atoms with E-state index in [0.29, 0.717) is 5.95 Å². The van der Waals surface area contributed by atoms with Gasteiger partial charge in [-0.3, -0.25) is 0 Å². The van der Waals surface area contributed by atoms with Crippen LogP contribution in [0.2, 0.25) is 0 Å². The average Bonchev–Trinajstić information content (AvgIpc) is 3.54. The summed E-state index contributed by atoms with van der Waals surface area (Å²) >= 11 is 1.56. The first kappa shape index (κ1) is 22.9. The van der Waals surface area contributed by atoms with Gasteiger partial charge < -0.3 is 10.1 Å². The fourth-order valence-electron chi connectivity index (χ4n) is 3.68. The molecule has 0 saturated heterocycles. The van der Waals surface area contributed by atoms with Gasteiger partial charge in [-0.05, 0) is 59.2 Å². The van der Waals surface area contributed by atoms with Gasteiger partial charge in [0.15, 0.2) is 0 Å². The number of hydrogen-bond acceptors (Lipinski definition) is 6. The zero-order chi connectivity index (χ0) is 24.3. The first-order valence-electron chi connectivity index (χ1n) is 10.9. The highest BCUT2D eigenvalue weighted by Crippen LogP contribution is 2.28. The zero-order valence-corrected chi connectivity index (χ0v) is 19.2. The van der Waals surface area contributed by atoms with E-state index in [1.54, 1.807) is 34.3 Å². The largest absolute Gasteiger partial charge is 0.573 e. The lowest BCUT2D eigenvalue weighted by Gasteiger charge is -2.10. The summed E-state index contributed by atoms with van der Waals surface area (Å²) in [5.74, 6) is 1.08. The second-order valence-corrected chi connectivity index (χ2v) is 8.66. The van der Waals surface area contributed by atoms with Crippen molar-refractivity contribution in [1.82, 2.24) is 19.7 Å². The van der Waals surface area contributed by atoms with Crippen LogP contribution in [-0.2, 0) is 6.42 Å². The lowest BCUT2D eigenvalue weighted by molar-refractivity contribution is -0.274. The third kappa shape index (κ3) is 5.60. The standard InChI is InChI=1S/C25H20F3N5OS/c26-25(27,28)34-20-10-8-19(9-11-20)18-6-4-17(5-7-18)3-1-13-29-22-21-12-16-35-23(21)32-24(31-22)33-15-2-14-30-33/h2,4-12,14-16H,1,3,13H2,(H,29,31,32). The number of ether oxygens (including phenoxy) is 1. The molecule has 0 fully saturated rings. The average molecular weight is 496 g/mol. The molecule has 0 aliphatic carbocycles. The van der Waals surface area contributed by atoms with Crippen molar-refractivity contribution in [3.8, 4) is 22.8 Å². The topological polar surface area (TPSA) is 64.9 Å². The van der Waals surface area contributed by atoms with Crippen LogP contribution in [0.25, 0.3) is 27.3 Å². The number of aryl methyl sites for hydroxylation is 1. The first-order chi connectivity index (χ1) is 16.9. The molecule has 0 bridgehead atoms. The maximum atomic E-state index is 12.3. The minimum absolute atomic E-state index is 0.231. The van der Waals surface area contributed by atoms with Gasteiger partial charge in [-0.15, -0.1) is 24.5 Å². The number of rotatable bonds is 8. The third-order valence-electron chi connectivity index (χ3n) is 5.33. The van der Waals surface area contributed by atoms with Crippen LogP contribution in [0.15, 0.2) is 78.4 Å². The minimum atomic E-state index is -4.69. The second kappa shape index (κ2) is 9.75. The second-order valence-electron chi connectivity index (χ2n) is 7.76. The highest BCUT2D eigenvalue weighted by Gasteiger charge is 2.30.